The summed E-state index contributed by atoms with van der Waals surface area (Å²) in [4.78, 5) is 10.3. The Morgan fingerprint density at radius 3 is 2.79 bits per heavy atom. The first kappa shape index (κ1) is 13.6. The van der Waals surface area contributed by atoms with Crippen molar-refractivity contribution in [3.05, 3.63) is 56.9 Å². The highest BCUT2D eigenvalue weighted by Gasteiger charge is 2.15. The zero-order valence-electron chi connectivity index (χ0n) is 10.3. The first-order valence-corrected chi connectivity index (χ1v) is 6.65. The lowest BCUT2D eigenvalue weighted by Crippen LogP contribution is -2.09. The summed E-state index contributed by atoms with van der Waals surface area (Å²) in [5, 5.41) is 14.0. The lowest BCUT2D eigenvalue weighted by Gasteiger charge is -2.17. The maximum absolute atomic E-state index is 10.7. The summed E-state index contributed by atoms with van der Waals surface area (Å²) in [5.74, 6) is 0.841. The largest absolute Gasteiger partial charge is 0.467 e. The Bertz CT molecular complexity index is 569. The second-order valence-electron chi connectivity index (χ2n) is 4.04. The van der Waals surface area contributed by atoms with Gasteiger partial charge in [0.25, 0.3) is 5.69 Å². The highest BCUT2D eigenvalue weighted by Crippen LogP contribution is 2.31. The number of anilines is 1. The van der Waals surface area contributed by atoms with Crippen molar-refractivity contribution in [3.63, 3.8) is 0 Å². The number of non-ortho nitro benzene ring substituents is 1. The number of nitrogens with zero attached hydrogens (tertiary/aromatic N) is 1. The molecule has 0 saturated carbocycles. The fraction of sp³-hybridized carbons (Fsp3) is 0.231. The summed E-state index contributed by atoms with van der Waals surface area (Å²) in [7, 11) is 0. The molecule has 1 heterocycles. The van der Waals surface area contributed by atoms with Crippen molar-refractivity contribution < 1.29 is 9.34 Å². The molecule has 2 aromatic rings. The molecule has 1 N–H and O–H groups in total. The van der Waals surface area contributed by atoms with Crippen LogP contribution in [0.2, 0.25) is 0 Å². The van der Waals surface area contributed by atoms with Gasteiger partial charge < -0.3 is 9.73 Å². The van der Waals surface area contributed by atoms with Gasteiger partial charge in [-0.05, 0) is 40.5 Å². The van der Waals surface area contributed by atoms with Crippen LogP contribution in [0.3, 0.4) is 0 Å². The molecule has 0 spiro atoms. The van der Waals surface area contributed by atoms with Gasteiger partial charge in [0.15, 0.2) is 0 Å². The van der Waals surface area contributed by atoms with Gasteiger partial charge in [0.1, 0.15) is 5.76 Å². The van der Waals surface area contributed by atoms with Crippen molar-refractivity contribution in [3.8, 4) is 0 Å². The fourth-order valence-corrected chi connectivity index (χ4v) is 2.27. The molecule has 0 radical (unpaired) electrons. The van der Waals surface area contributed by atoms with Crippen molar-refractivity contribution >= 4 is 27.3 Å². The average molecular weight is 325 g/mol. The van der Waals surface area contributed by atoms with Crippen LogP contribution in [0.15, 0.2) is 45.5 Å². The van der Waals surface area contributed by atoms with Gasteiger partial charge in [0.05, 0.1) is 17.2 Å². The van der Waals surface area contributed by atoms with Gasteiger partial charge in [-0.15, -0.1) is 0 Å². The van der Waals surface area contributed by atoms with Gasteiger partial charge in [0.2, 0.25) is 0 Å². The Morgan fingerprint density at radius 2 is 2.26 bits per heavy atom. The predicted octanol–water partition coefficient (Wildman–Crippen LogP) is 4.51. The molecule has 19 heavy (non-hydrogen) atoms. The number of nitro groups is 1. The van der Waals surface area contributed by atoms with Crippen molar-refractivity contribution in [2.75, 3.05) is 5.32 Å². The van der Waals surface area contributed by atoms with Crippen LogP contribution in [-0.4, -0.2) is 4.92 Å². The number of hydrogen-bond donors (Lipinski definition) is 1. The molecule has 1 atom stereocenters. The molecular weight excluding hydrogens is 312 g/mol. The molecule has 0 aliphatic heterocycles. The third kappa shape index (κ3) is 3.14. The molecule has 0 bridgehead atoms. The second kappa shape index (κ2) is 5.88. The average Bonchev–Trinajstić information content (AvgIpc) is 2.91. The highest BCUT2D eigenvalue weighted by molar-refractivity contribution is 9.10. The third-order valence-corrected chi connectivity index (χ3v) is 3.44. The topological polar surface area (TPSA) is 68.3 Å². The van der Waals surface area contributed by atoms with E-state index in [0.29, 0.717) is 4.47 Å². The molecular formula is C13H13BrN2O3. The molecule has 6 heteroatoms. The normalized spacial score (nSPS) is 12.1. The summed E-state index contributed by atoms with van der Waals surface area (Å²) in [6.07, 6.45) is 2.47. The number of rotatable bonds is 5. The summed E-state index contributed by atoms with van der Waals surface area (Å²) in [5.41, 5.74) is 0.859. The van der Waals surface area contributed by atoms with Gasteiger partial charge >= 0.3 is 0 Å². The van der Waals surface area contributed by atoms with Crippen molar-refractivity contribution in [1.82, 2.24) is 0 Å². The van der Waals surface area contributed by atoms with Crippen LogP contribution in [0.25, 0.3) is 0 Å². The molecule has 1 aromatic carbocycles. The molecule has 0 aliphatic rings. The number of halogens is 1. The minimum Gasteiger partial charge on any atom is -0.467 e. The Balaban J connectivity index is 2.21. The lowest BCUT2D eigenvalue weighted by atomic mass is 10.1. The zero-order chi connectivity index (χ0) is 13.8. The van der Waals surface area contributed by atoms with E-state index < -0.39 is 4.92 Å². The number of nitro benzene ring substituents is 1. The molecule has 0 saturated heterocycles. The maximum atomic E-state index is 10.7. The first-order chi connectivity index (χ1) is 9.11. The molecule has 1 aromatic heterocycles. The van der Waals surface area contributed by atoms with Crippen LogP contribution >= 0.6 is 15.9 Å². The molecule has 100 valence electrons. The molecule has 2 rings (SSSR count). The molecule has 0 fully saturated rings. The quantitative estimate of drug-likeness (QED) is 0.648. The van der Waals surface area contributed by atoms with E-state index in [1.807, 2.05) is 19.1 Å². The van der Waals surface area contributed by atoms with Crippen LogP contribution < -0.4 is 5.32 Å². The number of benzene rings is 1. The zero-order valence-corrected chi connectivity index (χ0v) is 11.9. The number of hydrogen-bond acceptors (Lipinski definition) is 4. The van der Waals surface area contributed by atoms with Gasteiger partial charge in [0, 0.05) is 22.3 Å². The second-order valence-corrected chi connectivity index (χ2v) is 4.90. The van der Waals surface area contributed by atoms with Crippen molar-refractivity contribution in [2.24, 2.45) is 0 Å². The third-order valence-electron chi connectivity index (χ3n) is 2.79. The molecule has 0 aliphatic carbocycles. The smallest absolute Gasteiger partial charge is 0.270 e. The van der Waals surface area contributed by atoms with E-state index in [9.17, 15) is 10.1 Å². The van der Waals surface area contributed by atoms with Gasteiger partial charge in [-0.25, -0.2) is 0 Å². The molecule has 0 amide bonds. The minimum atomic E-state index is -0.418. The van der Waals surface area contributed by atoms with Crippen LogP contribution in [0.1, 0.15) is 25.1 Å². The molecule has 1 unspecified atom stereocenters. The standard InChI is InChI=1S/C13H13BrN2O3/c1-2-11(13-4-3-7-19-13)15-12-6-5-9(16(17)18)8-10(12)14/h3-8,11,15H,2H2,1H3. The minimum absolute atomic E-state index is 0.0350. The van der Waals surface area contributed by atoms with Gasteiger partial charge in [-0.1, -0.05) is 6.92 Å². The first-order valence-electron chi connectivity index (χ1n) is 5.85. The molecule has 5 nitrogen and oxygen atoms in total. The van der Waals surface area contributed by atoms with Crippen LogP contribution in [0.4, 0.5) is 11.4 Å². The maximum Gasteiger partial charge on any atom is 0.270 e. The van der Waals surface area contributed by atoms with Crippen LogP contribution in [0.5, 0.6) is 0 Å². The van der Waals surface area contributed by atoms with Gasteiger partial charge in [-0.3, -0.25) is 10.1 Å². The predicted molar refractivity (Wildman–Crippen MR) is 76.2 cm³/mol. The Labute approximate surface area is 118 Å². The van der Waals surface area contributed by atoms with Crippen LogP contribution in [0, 0.1) is 10.1 Å². The Hall–Kier alpha value is -1.82. The Kier molecular flexibility index (Phi) is 4.21. The summed E-state index contributed by atoms with van der Waals surface area (Å²) in [6.45, 7) is 2.04. The van der Waals surface area contributed by atoms with Crippen molar-refractivity contribution in [2.45, 2.75) is 19.4 Å². The van der Waals surface area contributed by atoms with E-state index in [1.54, 1.807) is 12.3 Å². The van der Waals surface area contributed by atoms with E-state index in [2.05, 4.69) is 21.2 Å². The lowest BCUT2D eigenvalue weighted by molar-refractivity contribution is -0.384. The summed E-state index contributed by atoms with van der Waals surface area (Å²) in [6, 6.07) is 8.42. The summed E-state index contributed by atoms with van der Waals surface area (Å²) >= 11 is 3.34. The van der Waals surface area contributed by atoms with Crippen LogP contribution in [-0.2, 0) is 0 Å². The fourth-order valence-electron chi connectivity index (χ4n) is 1.79. The number of furan rings is 1. The van der Waals surface area contributed by atoms with E-state index in [0.717, 1.165) is 17.9 Å². The summed E-state index contributed by atoms with van der Waals surface area (Å²) < 4.78 is 6.03. The highest BCUT2D eigenvalue weighted by atomic mass is 79.9. The Morgan fingerprint density at radius 1 is 1.47 bits per heavy atom. The van der Waals surface area contributed by atoms with E-state index in [1.165, 1.54) is 12.1 Å². The van der Waals surface area contributed by atoms with E-state index in [-0.39, 0.29) is 11.7 Å². The van der Waals surface area contributed by atoms with Gasteiger partial charge in [-0.2, -0.15) is 0 Å². The van der Waals surface area contributed by atoms with E-state index in [4.69, 9.17) is 4.42 Å². The van der Waals surface area contributed by atoms with Crippen molar-refractivity contribution in [1.29, 1.82) is 0 Å². The number of nitrogens with one attached hydrogen (secondary N) is 1. The van der Waals surface area contributed by atoms with E-state index >= 15 is 0 Å². The SMILES string of the molecule is CCC(Nc1ccc([N+](=O)[O-])cc1Br)c1ccco1. The monoisotopic (exact) mass is 324 g/mol.